The lowest BCUT2D eigenvalue weighted by Crippen LogP contribution is -2.38. The van der Waals surface area contributed by atoms with Gasteiger partial charge in [0, 0.05) is 31.1 Å². The maximum absolute atomic E-state index is 12.1. The van der Waals surface area contributed by atoms with E-state index in [0.717, 1.165) is 32.4 Å². The Morgan fingerprint density at radius 2 is 1.63 bits per heavy atom. The molecule has 1 amide bonds. The molecule has 0 spiro atoms. The van der Waals surface area contributed by atoms with Crippen LogP contribution in [-0.4, -0.2) is 29.1 Å². The Kier molecular flexibility index (Phi) is 6.40. The van der Waals surface area contributed by atoms with Gasteiger partial charge in [0.25, 0.3) is 0 Å². The van der Waals surface area contributed by atoms with Crippen molar-refractivity contribution in [3.05, 3.63) is 70.8 Å². The second kappa shape index (κ2) is 9.03. The van der Waals surface area contributed by atoms with Crippen LogP contribution >= 0.6 is 12.1 Å². The summed E-state index contributed by atoms with van der Waals surface area (Å²) in [6.45, 7) is 7.58. The van der Waals surface area contributed by atoms with E-state index in [9.17, 15) is 4.79 Å². The Morgan fingerprint density at radius 3 is 2.23 bits per heavy atom. The summed E-state index contributed by atoms with van der Waals surface area (Å²) in [5.41, 5.74) is 5.45. The van der Waals surface area contributed by atoms with Gasteiger partial charge in [-0.05, 0) is 74.6 Å². The van der Waals surface area contributed by atoms with E-state index in [4.69, 9.17) is 4.74 Å². The van der Waals surface area contributed by atoms with E-state index in [1.54, 1.807) is 0 Å². The van der Waals surface area contributed by atoms with Gasteiger partial charge in [0.1, 0.15) is 5.60 Å². The van der Waals surface area contributed by atoms with Gasteiger partial charge in [0.15, 0.2) is 0 Å². The number of amides is 1. The molecule has 1 aliphatic heterocycles. The van der Waals surface area contributed by atoms with E-state index in [1.807, 2.05) is 20.8 Å². The van der Waals surface area contributed by atoms with Crippen molar-refractivity contribution in [1.29, 1.82) is 0 Å². The number of fused-ring (bicyclic) bond motifs is 2. The largest absolute Gasteiger partial charge is 0.443 e. The van der Waals surface area contributed by atoms with E-state index >= 15 is 0 Å². The lowest BCUT2D eigenvalue weighted by molar-refractivity contribution is 0.0572. The molecule has 4 rings (SSSR count). The average molecular weight is 425 g/mol. The zero-order chi connectivity index (χ0) is 21.1. The minimum Gasteiger partial charge on any atom is -0.443 e. The smallest absolute Gasteiger partial charge is 0.418 e. The molecule has 2 aliphatic rings. The zero-order valence-electron chi connectivity index (χ0n) is 18.2. The van der Waals surface area contributed by atoms with E-state index in [0.29, 0.717) is 11.8 Å². The summed E-state index contributed by atoms with van der Waals surface area (Å²) < 4.78 is 10.5. The second-order valence-electron chi connectivity index (χ2n) is 9.36. The fourth-order valence-electron chi connectivity index (χ4n) is 4.80. The lowest BCUT2D eigenvalue weighted by Gasteiger charge is -2.37. The Labute approximate surface area is 184 Å². The first-order valence-corrected chi connectivity index (χ1v) is 11.7. The fourth-order valence-corrected chi connectivity index (χ4v) is 5.54. The molecular weight excluding hydrogens is 392 g/mol. The Morgan fingerprint density at radius 1 is 1.03 bits per heavy atom. The van der Waals surface area contributed by atoms with Gasteiger partial charge in [-0.1, -0.05) is 48.5 Å². The van der Waals surface area contributed by atoms with E-state index < -0.39 is 5.60 Å². The van der Waals surface area contributed by atoms with E-state index in [-0.39, 0.29) is 6.09 Å². The summed E-state index contributed by atoms with van der Waals surface area (Å²) in [6.07, 6.45) is 4.18. The molecule has 160 valence electrons. The second-order valence-corrected chi connectivity index (χ2v) is 10.3. The predicted molar refractivity (Wildman–Crippen MR) is 123 cm³/mol. The first kappa shape index (κ1) is 21.3. The van der Waals surface area contributed by atoms with Gasteiger partial charge in [-0.15, -0.1) is 0 Å². The van der Waals surface area contributed by atoms with Gasteiger partial charge in [-0.25, -0.2) is 9.10 Å². The zero-order valence-corrected chi connectivity index (χ0v) is 19.0. The monoisotopic (exact) mass is 424 g/mol. The number of benzene rings is 2. The highest BCUT2D eigenvalue weighted by Crippen LogP contribution is 2.42. The van der Waals surface area contributed by atoms with Crippen LogP contribution in [0.5, 0.6) is 0 Å². The third kappa shape index (κ3) is 5.01. The molecule has 1 aliphatic carbocycles. The number of hydrogen-bond acceptors (Lipinski definition) is 4. The van der Waals surface area contributed by atoms with Crippen LogP contribution in [0, 0.1) is 5.92 Å². The first-order valence-electron chi connectivity index (χ1n) is 11.0. The molecule has 1 fully saturated rings. The van der Waals surface area contributed by atoms with Gasteiger partial charge in [-0.2, -0.15) is 0 Å². The maximum Gasteiger partial charge on any atom is 0.418 e. The molecule has 1 N–H and O–H groups in total. The standard InChI is InChI=1S/C25H32N2O2S/c1-25(2,3)29-24(28)26-30-27-16-8-11-20(17-27)23-21-12-6-4-9-18(21)14-15-19-10-5-7-13-22(19)23/h4-7,9-10,12-13,20,23H,8,11,14-17H2,1-3H3,(H,26,28). The highest BCUT2D eigenvalue weighted by atomic mass is 32.2. The number of carbonyl (C=O) groups excluding carboxylic acids is 1. The van der Waals surface area contributed by atoms with Crippen molar-refractivity contribution in [2.24, 2.45) is 5.92 Å². The van der Waals surface area contributed by atoms with Crippen molar-refractivity contribution in [2.45, 2.75) is 58.0 Å². The quantitative estimate of drug-likeness (QED) is 0.640. The van der Waals surface area contributed by atoms with Crippen LogP contribution in [0.3, 0.4) is 0 Å². The molecule has 0 bridgehead atoms. The Bertz CT molecular complexity index is 845. The van der Waals surface area contributed by atoms with Crippen molar-refractivity contribution < 1.29 is 9.53 Å². The number of hydrogen-bond donors (Lipinski definition) is 1. The number of aryl methyl sites for hydroxylation is 2. The van der Waals surface area contributed by atoms with Gasteiger partial charge in [0.05, 0.1) is 0 Å². The van der Waals surface area contributed by atoms with Crippen LogP contribution in [0.25, 0.3) is 0 Å². The van der Waals surface area contributed by atoms with E-state index in [1.165, 1.54) is 40.8 Å². The number of nitrogens with zero attached hydrogens (tertiary/aromatic N) is 1. The molecule has 2 aromatic rings. The fraction of sp³-hybridized carbons (Fsp3) is 0.480. The number of nitrogens with one attached hydrogen (secondary N) is 1. The minimum absolute atomic E-state index is 0.375. The molecule has 4 nitrogen and oxygen atoms in total. The van der Waals surface area contributed by atoms with Crippen LogP contribution in [0.1, 0.15) is 61.8 Å². The predicted octanol–water partition coefficient (Wildman–Crippen LogP) is 5.72. The third-order valence-corrected chi connectivity index (χ3v) is 6.84. The third-order valence-electron chi connectivity index (χ3n) is 5.99. The van der Waals surface area contributed by atoms with Gasteiger partial charge in [0.2, 0.25) is 0 Å². The molecule has 0 aromatic heterocycles. The first-order chi connectivity index (χ1) is 14.4. The van der Waals surface area contributed by atoms with Crippen molar-refractivity contribution in [2.75, 3.05) is 13.1 Å². The number of carbonyl (C=O) groups is 1. The Balaban J connectivity index is 1.53. The molecule has 2 aromatic carbocycles. The molecule has 1 saturated heterocycles. The molecule has 1 atom stereocenters. The maximum atomic E-state index is 12.1. The van der Waals surface area contributed by atoms with Crippen molar-refractivity contribution in [3.63, 3.8) is 0 Å². The number of ether oxygens (including phenoxy) is 1. The topological polar surface area (TPSA) is 41.6 Å². The normalized spacial score (nSPS) is 20.0. The SMILES string of the molecule is CC(C)(C)OC(=O)NSN1CCCC(C2c3ccccc3CCc3ccccc32)C1. The molecule has 1 unspecified atom stereocenters. The highest BCUT2D eigenvalue weighted by Gasteiger charge is 2.33. The lowest BCUT2D eigenvalue weighted by atomic mass is 9.76. The summed E-state index contributed by atoms with van der Waals surface area (Å²) in [5, 5.41) is 0. The number of rotatable bonds is 3. The molecule has 0 saturated carbocycles. The molecule has 1 heterocycles. The van der Waals surface area contributed by atoms with Gasteiger partial charge >= 0.3 is 6.09 Å². The van der Waals surface area contributed by atoms with Crippen molar-refractivity contribution >= 4 is 18.2 Å². The van der Waals surface area contributed by atoms with Crippen LogP contribution in [-0.2, 0) is 17.6 Å². The summed E-state index contributed by atoms with van der Waals surface area (Å²) in [7, 11) is 0. The molecule has 30 heavy (non-hydrogen) atoms. The summed E-state index contributed by atoms with van der Waals surface area (Å²) >= 11 is 1.39. The van der Waals surface area contributed by atoms with Crippen LogP contribution in [0.4, 0.5) is 4.79 Å². The highest BCUT2D eigenvalue weighted by molar-refractivity contribution is 7.95. The van der Waals surface area contributed by atoms with Crippen LogP contribution in [0.2, 0.25) is 0 Å². The summed E-state index contributed by atoms with van der Waals surface area (Å²) in [6, 6.07) is 17.9. The number of piperidine rings is 1. The average Bonchev–Trinajstić information content (AvgIpc) is 2.88. The summed E-state index contributed by atoms with van der Waals surface area (Å²) in [4.78, 5) is 12.1. The van der Waals surface area contributed by atoms with Gasteiger partial charge in [-0.3, -0.25) is 4.72 Å². The van der Waals surface area contributed by atoms with E-state index in [2.05, 4.69) is 57.6 Å². The van der Waals surface area contributed by atoms with Crippen molar-refractivity contribution in [1.82, 2.24) is 9.03 Å². The summed E-state index contributed by atoms with van der Waals surface area (Å²) in [5.74, 6) is 0.928. The molecular formula is C25H32N2O2S. The van der Waals surface area contributed by atoms with Crippen LogP contribution < -0.4 is 4.72 Å². The Hall–Kier alpha value is -1.98. The minimum atomic E-state index is -0.483. The molecule has 5 heteroatoms. The molecule has 0 radical (unpaired) electrons. The van der Waals surface area contributed by atoms with Gasteiger partial charge < -0.3 is 4.74 Å². The van der Waals surface area contributed by atoms with Crippen LogP contribution in [0.15, 0.2) is 48.5 Å². The van der Waals surface area contributed by atoms with Crippen molar-refractivity contribution in [3.8, 4) is 0 Å².